The molecule has 0 fully saturated rings. The smallest absolute Gasteiger partial charge is 0.370 e. The second kappa shape index (κ2) is 7.35. The Balaban J connectivity index is 3.75. The van der Waals surface area contributed by atoms with Crippen LogP contribution in [-0.4, -0.2) is 36.7 Å². The van der Waals surface area contributed by atoms with Gasteiger partial charge in [-0.2, -0.15) is 13.2 Å². The first-order valence-corrected chi connectivity index (χ1v) is 5.52. The Kier molecular flexibility index (Phi) is 6.92. The zero-order chi connectivity index (χ0) is 12.6. The number of nitrogens with two attached hydrogens (primary N) is 1. The summed E-state index contributed by atoms with van der Waals surface area (Å²) in [6.45, 7) is 5.78. The molecule has 0 unspecified atom stereocenters. The molecule has 0 saturated heterocycles. The lowest BCUT2D eigenvalue weighted by molar-refractivity contribution is -0.135. The van der Waals surface area contributed by atoms with Crippen molar-refractivity contribution in [2.24, 2.45) is 10.7 Å². The zero-order valence-corrected chi connectivity index (χ0v) is 9.85. The van der Waals surface area contributed by atoms with E-state index in [4.69, 9.17) is 5.73 Å². The van der Waals surface area contributed by atoms with E-state index < -0.39 is 12.6 Å². The van der Waals surface area contributed by atoms with Gasteiger partial charge in [-0.1, -0.05) is 0 Å². The molecule has 0 saturated carbocycles. The summed E-state index contributed by atoms with van der Waals surface area (Å²) >= 11 is 0. The Hall–Kier alpha value is -0.940. The molecule has 0 aliphatic rings. The molecule has 0 aliphatic heterocycles. The Bertz CT molecular complexity index is 210. The number of unbranched alkanes of at least 4 members (excludes halogenated alkanes) is 1. The van der Waals surface area contributed by atoms with Crippen molar-refractivity contribution in [3.63, 3.8) is 0 Å². The summed E-state index contributed by atoms with van der Waals surface area (Å²) < 4.78 is 35.4. The second-order valence-electron chi connectivity index (χ2n) is 3.48. The van der Waals surface area contributed by atoms with Crippen molar-refractivity contribution < 1.29 is 13.2 Å². The quantitative estimate of drug-likeness (QED) is 0.439. The maximum atomic E-state index is 11.8. The summed E-state index contributed by atoms with van der Waals surface area (Å²) in [6, 6.07) is 0. The molecule has 0 aromatic heterocycles. The molecule has 0 aromatic rings. The summed E-state index contributed by atoms with van der Waals surface area (Å²) in [6.07, 6.45) is -4.28. The van der Waals surface area contributed by atoms with E-state index >= 15 is 0 Å². The van der Waals surface area contributed by atoms with Gasteiger partial charge in [0.2, 0.25) is 0 Å². The summed E-state index contributed by atoms with van der Waals surface area (Å²) in [5.74, 6) is 0.414. The summed E-state index contributed by atoms with van der Waals surface area (Å²) in [5.41, 5.74) is 5.66. The first-order chi connectivity index (χ1) is 7.40. The maximum absolute atomic E-state index is 11.8. The number of alkyl halides is 3. The van der Waals surface area contributed by atoms with E-state index in [0.717, 1.165) is 13.1 Å². The van der Waals surface area contributed by atoms with E-state index in [1.807, 2.05) is 18.7 Å². The third-order valence-electron chi connectivity index (χ3n) is 2.23. The lowest BCUT2D eigenvalue weighted by atomic mass is 10.2. The third kappa shape index (κ3) is 7.36. The number of aliphatic imine (C=N–C) groups is 1. The SMILES string of the molecule is CCN(CC)C(N)=NCCCCC(F)(F)F. The molecule has 3 nitrogen and oxygen atoms in total. The number of hydrogen-bond donors (Lipinski definition) is 1. The van der Waals surface area contributed by atoms with Crippen molar-refractivity contribution in [1.29, 1.82) is 0 Å². The van der Waals surface area contributed by atoms with Gasteiger partial charge in [0.1, 0.15) is 0 Å². The lowest BCUT2D eigenvalue weighted by Gasteiger charge is -2.19. The van der Waals surface area contributed by atoms with Gasteiger partial charge in [-0.25, -0.2) is 0 Å². The molecule has 16 heavy (non-hydrogen) atoms. The van der Waals surface area contributed by atoms with Crippen LogP contribution in [0.1, 0.15) is 33.1 Å². The number of halogens is 3. The molecule has 0 rings (SSSR count). The van der Waals surface area contributed by atoms with E-state index in [-0.39, 0.29) is 6.42 Å². The van der Waals surface area contributed by atoms with Gasteiger partial charge in [-0.15, -0.1) is 0 Å². The van der Waals surface area contributed by atoms with Crippen LogP contribution >= 0.6 is 0 Å². The predicted octanol–water partition coefficient (Wildman–Crippen LogP) is 2.38. The van der Waals surface area contributed by atoms with Crippen LogP contribution in [0.25, 0.3) is 0 Å². The highest BCUT2D eigenvalue weighted by atomic mass is 19.4. The van der Waals surface area contributed by atoms with Crippen LogP contribution in [0, 0.1) is 0 Å². The first-order valence-electron chi connectivity index (χ1n) is 5.52. The predicted molar refractivity (Wildman–Crippen MR) is 59.3 cm³/mol. The minimum Gasteiger partial charge on any atom is -0.370 e. The van der Waals surface area contributed by atoms with Crippen molar-refractivity contribution in [3.05, 3.63) is 0 Å². The summed E-state index contributed by atoms with van der Waals surface area (Å²) in [4.78, 5) is 5.90. The highest BCUT2D eigenvalue weighted by Gasteiger charge is 2.25. The van der Waals surface area contributed by atoms with Crippen LogP contribution in [0.3, 0.4) is 0 Å². The average Bonchev–Trinajstić information content (AvgIpc) is 2.17. The standard InChI is InChI=1S/C10H20F3N3/c1-3-16(4-2)9(14)15-8-6-5-7-10(11,12)13/h3-8H2,1-2H3,(H2,14,15). The molecular weight excluding hydrogens is 219 g/mol. The molecule has 0 radical (unpaired) electrons. The van der Waals surface area contributed by atoms with E-state index in [2.05, 4.69) is 4.99 Å². The van der Waals surface area contributed by atoms with Crippen molar-refractivity contribution in [2.45, 2.75) is 39.3 Å². The Labute approximate surface area is 94.5 Å². The van der Waals surface area contributed by atoms with Gasteiger partial charge < -0.3 is 10.6 Å². The first kappa shape index (κ1) is 15.1. The van der Waals surface area contributed by atoms with Crippen LogP contribution in [0.2, 0.25) is 0 Å². The van der Waals surface area contributed by atoms with Gasteiger partial charge in [0.15, 0.2) is 5.96 Å². The molecule has 0 amide bonds. The number of nitrogens with zero attached hydrogens (tertiary/aromatic N) is 2. The van der Waals surface area contributed by atoms with Crippen LogP contribution < -0.4 is 5.73 Å². The van der Waals surface area contributed by atoms with E-state index in [0.29, 0.717) is 18.9 Å². The highest BCUT2D eigenvalue weighted by molar-refractivity contribution is 5.77. The van der Waals surface area contributed by atoms with Gasteiger partial charge in [0, 0.05) is 26.1 Å². The van der Waals surface area contributed by atoms with E-state index in [9.17, 15) is 13.2 Å². The Morgan fingerprint density at radius 1 is 1.19 bits per heavy atom. The fraction of sp³-hybridized carbons (Fsp3) is 0.900. The molecule has 2 N–H and O–H groups in total. The van der Waals surface area contributed by atoms with Crippen molar-refractivity contribution in [2.75, 3.05) is 19.6 Å². The minimum absolute atomic E-state index is 0.110. The van der Waals surface area contributed by atoms with Gasteiger partial charge in [-0.05, 0) is 26.7 Å². The number of rotatable bonds is 6. The summed E-state index contributed by atoms with van der Waals surface area (Å²) in [7, 11) is 0. The fourth-order valence-corrected chi connectivity index (χ4v) is 1.28. The van der Waals surface area contributed by atoms with Gasteiger partial charge in [0.25, 0.3) is 0 Å². The van der Waals surface area contributed by atoms with E-state index in [1.54, 1.807) is 0 Å². The maximum Gasteiger partial charge on any atom is 0.389 e. The Morgan fingerprint density at radius 2 is 1.75 bits per heavy atom. The monoisotopic (exact) mass is 239 g/mol. The largest absolute Gasteiger partial charge is 0.389 e. The van der Waals surface area contributed by atoms with Crippen LogP contribution in [-0.2, 0) is 0 Å². The third-order valence-corrected chi connectivity index (χ3v) is 2.23. The molecule has 0 spiro atoms. The molecular formula is C10H20F3N3. The molecule has 96 valence electrons. The second-order valence-corrected chi connectivity index (χ2v) is 3.48. The summed E-state index contributed by atoms with van der Waals surface area (Å²) in [5, 5.41) is 0. The normalized spacial score (nSPS) is 12.9. The number of guanidine groups is 1. The van der Waals surface area contributed by atoms with Crippen molar-refractivity contribution >= 4 is 5.96 Å². The fourth-order valence-electron chi connectivity index (χ4n) is 1.28. The highest BCUT2D eigenvalue weighted by Crippen LogP contribution is 2.21. The molecule has 6 heteroatoms. The van der Waals surface area contributed by atoms with Crippen LogP contribution in [0.15, 0.2) is 4.99 Å². The molecule has 0 bridgehead atoms. The number of hydrogen-bond acceptors (Lipinski definition) is 1. The molecule has 0 heterocycles. The van der Waals surface area contributed by atoms with Crippen molar-refractivity contribution in [3.8, 4) is 0 Å². The molecule has 0 aliphatic carbocycles. The van der Waals surface area contributed by atoms with Crippen LogP contribution in [0.4, 0.5) is 13.2 Å². The molecule has 0 atom stereocenters. The molecule has 0 aromatic carbocycles. The van der Waals surface area contributed by atoms with E-state index in [1.165, 1.54) is 0 Å². The lowest BCUT2D eigenvalue weighted by Crippen LogP contribution is -2.37. The van der Waals surface area contributed by atoms with Gasteiger partial charge in [-0.3, -0.25) is 4.99 Å². The average molecular weight is 239 g/mol. The Morgan fingerprint density at radius 3 is 2.19 bits per heavy atom. The topological polar surface area (TPSA) is 41.6 Å². The minimum atomic E-state index is -4.06. The van der Waals surface area contributed by atoms with Crippen molar-refractivity contribution in [1.82, 2.24) is 4.90 Å². The van der Waals surface area contributed by atoms with Crippen LogP contribution in [0.5, 0.6) is 0 Å². The van der Waals surface area contributed by atoms with Gasteiger partial charge >= 0.3 is 6.18 Å². The van der Waals surface area contributed by atoms with Gasteiger partial charge in [0.05, 0.1) is 0 Å². The zero-order valence-electron chi connectivity index (χ0n) is 9.85.